The Morgan fingerprint density at radius 1 is 1.78 bits per heavy atom. The van der Waals surface area contributed by atoms with Gasteiger partial charge in [0.15, 0.2) is 0 Å². The minimum atomic E-state index is -1.07. The molecule has 0 aliphatic heterocycles. The van der Waals surface area contributed by atoms with Crippen molar-refractivity contribution in [2.75, 3.05) is 0 Å². The maximum Gasteiger partial charge on any atom is 0.341 e. The van der Waals surface area contributed by atoms with Gasteiger partial charge in [0.05, 0.1) is 4.91 Å². The van der Waals surface area contributed by atoms with Crippen molar-refractivity contribution >= 4 is 18.6 Å². The first-order chi connectivity index (χ1) is 4.06. The van der Waals surface area contributed by atoms with E-state index in [2.05, 4.69) is 25.8 Å². The molecule has 0 amide bonds. The largest absolute Gasteiger partial charge is 0.477 e. The first kappa shape index (κ1) is 11.1. The summed E-state index contributed by atoms with van der Waals surface area (Å²) >= 11 is 3.40. The van der Waals surface area contributed by atoms with Crippen LogP contribution in [0.15, 0.2) is 24.1 Å². The van der Waals surface area contributed by atoms with Gasteiger partial charge < -0.3 is 5.11 Å². The topological polar surface area (TPSA) is 37.3 Å². The number of allylic oxidation sites excluding steroid dienone is 1. The summed E-state index contributed by atoms with van der Waals surface area (Å²) < 4.78 is 0. The minimum Gasteiger partial charge on any atom is -0.477 e. The van der Waals surface area contributed by atoms with E-state index in [0.717, 1.165) is 0 Å². The third kappa shape index (κ3) is 18.8. The molecule has 9 heavy (non-hydrogen) atoms. The third-order valence-corrected chi connectivity index (χ3v) is 0.438. The average Bonchev–Trinajstić information content (AvgIpc) is 1.68. The molecule has 0 radical (unpaired) electrons. The highest BCUT2D eigenvalue weighted by atomic mass is 32.1. The summed E-state index contributed by atoms with van der Waals surface area (Å²) in [6.07, 6.45) is 1.75. The Hall–Kier alpha value is -0.700. The standard InChI is InChI=1S/C3H4O2S.C3H6/c1-2(6)3(4)5;1-3-2/h6H,1H2,(H,4,5);3H,1H2,2H3. The van der Waals surface area contributed by atoms with Gasteiger partial charge in [0.1, 0.15) is 0 Å². The van der Waals surface area contributed by atoms with Gasteiger partial charge in [0, 0.05) is 0 Å². The SMILES string of the molecule is C=C(S)C(=O)O.C=CC. The Kier molecular flexibility index (Phi) is 9.04. The lowest BCUT2D eigenvalue weighted by Gasteiger charge is -1.78. The van der Waals surface area contributed by atoms with Crippen molar-refractivity contribution in [1.82, 2.24) is 0 Å². The normalized spacial score (nSPS) is 6.44. The second-order valence-electron chi connectivity index (χ2n) is 1.16. The molecule has 0 aromatic heterocycles. The highest BCUT2D eigenvalue weighted by Gasteiger charge is 1.91. The monoisotopic (exact) mass is 146 g/mol. The Balaban J connectivity index is 0. The van der Waals surface area contributed by atoms with Crippen molar-refractivity contribution < 1.29 is 9.90 Å². The van der Waals surface area contributed by atoms with E-state index >= 15 is 0 Å². The van der Waals surface area contributed by atoms with E-state index in [1.165, 1.54) is 0 Å². The number of carboxylic acids is 1. The van der Waals surface area contributed by atoms with Crippen LogP contribution in [0.5, 0.6) is 0 Å². The summed E-state index contributed by atoms with van der Waals surface area (Å²) in [5.74, 6) is -1.07. The van der Waals surface area contributed by atoms with Crippen molar-refractivity contribution in [2.24, 2.45) is 0 Å². The van der Waals surface area contributed by atoms with E-state index < -0.39 is 5.97 Å². The first-order valence-electron chi connectivity index (χ1n) is 2.24. The molecule has 52 valence electrons. The van der Waals surface area contributed by atoms with Gasteiger partial charge in [-0.3, -0.25) is 0 Å². The number of thiol groups is 1. The van der Waals surface area contributed by atoms with Gasteiger partial charge in [0.25, 0.3) is 0 Å². The lowest BCUT2D eigenvalue weighted by molar-refractivity contribution is -0.131. The zero-order chi connectivity index (χ0) is 7.86. The highest BCUT2D eigenvalue weighted by molar-refractivity contribution is 7.85. The summed E-state index contributed by atoms with van der Waals surface area (Å²) in [5.41, 5.74) is 0. The molecule has 0 bridgehead atoms. The molecule has 0 aliphatic rings. The maximum absolute atomic E-state index is 9.52. The number of rotatable bonds is 1. The predicted octanol–water partition coefficient (Wildman–Crippen LogP) is 1.71. The second-order valence-corrected chi connectivity index (χ2v) is 1.70. The average molecular weight is 146 g/mol. The summed E-state index contributed by atoms with van der Waals surface area (Å²) in [6, 6.07) is 0. The van der Waals surface area contributed by atoms with E-state index in [4.69, 9.17) is 5.11 Å². The van der Waals surface area contributed by atoms with E-state index in [0.29, 0.717) is 0 Å². The van der Waals surface area contributed by atoms with Crippen LogP contribution < -0.4 is 0 Å². The maximum atomic E-state index is 9.52. The zero-order valence-corrected chi connectivity index (χ0v) is 6.19. The van der Waals surface area contributed by atoms with Crippen molar-refractivity contribution in [2.45, 2.75) is 6.92 Å². The number of carbonyl (C=O) groups is 1. The minimum absolute atomic E-state index is 0.130. The Bertz CT molecular complexity index is 106. The molecular weight excluding hydrogens is 136 g/mol. The van der Waals surface area contributed by atoms with Crippen molar-refractivity contribution in [3.63, 3.8) is 0 Å². The van der Waals surface area contributed by atoms with Crippen molar-refractivity contribution in [3.8, 4) is 0 Å². The Morgan fingerprint density at radius 2 is 1.89 bits per heavy atom. The van der Waals surface area contributed by atoms with Crippen LogP contribution in [-0.2, 0) is 4.79 Å². The van der Waals surface area contributed by atoms with E-state index in [1.54, 1.807) is 6.08 Å². The van der Waals surface area contributed by atoms with E-state index in [-0.39, 0.29) is 4.91 Å². The zero-order valence-electron chi connectivity index (χ0n) is 5.29. The van der Waals surface area contributed by atoms with Gasteiger partial charge in [-0.05, 0) is 6.92 Å². The van der Waals surface area contributed by atoms with Crippen LogP contribution >= 0.6 is 12.6 Å². The van der Waals surface area contributed by atoms with Crippen LogP contribution in [0.4, 0.5) is 0 Å². The number of aliphatic carboxylic acids is 1. The van der Waals surface area contributed by atoms with E-state index in [1.807, 2.05) is 6.92 Å². The van der Waals surface area contributed by atoms with Crippen LogP contribution in [0.1, 0.15) is 6.92 Å². The Morgan fingerprint density at radius 3 is 1.89 bits per heavy atom. The third-order valence-electron chi connectivity index (χ3n) is 0.247. The van der Waals surface area contributed by atoms with Crippen LogP contribution in [0.2, 0.25) is 0 Å². The lowest BCUT2D eigenvalue weighted by atomic mass is 10.7. The van der Waals surface area contributed by atoms with Crippen molar-refractivity contribution in [3.05, 3.63) is 24.1 Å². The fourth-order valence-electron chi connectivity index (χ4n) is 0. The first-order valence-corrected chi connectivity index (χ1v) is 2.69. The van der Waals surface area contributed by atoms with Gasteiger partial charge >= 0.3 is 5.97 Å². The predicted molar refractivity (Wildman–Crippen MR) is 41.6 cm³/mol. The molecule has 3 heteroatoms. The molecule has 0 unspecified atom stereocenters. The van der Waals surface area contributed by atoms with Crippen LogP contribution in [0, 0.1) is 0 Å². The molecule has 0 rings (SSSR count). The summed E-state index contributed by atoms with van der Waals surface area (Å²) in [7, 11) is 0. The van der Waals surface area contributed by atoms with Crippen molar-refractivity contribution in [1.29, 1.82) is 0 Å². The van der Waals surface area contributed by atoms with Gasteiger partial charge in [0.2, 0.25) is 0 Å². The van der Waals surface area contributed by atoms with Gasteiger partial charge in [-0.25, -0.2) is 4.79 Å². The molecule has 0 aliphatic carbocycles. The van der Waals surface area contributed by atoms with Crippen LogP contribution in [0.25, 0.3) is 0 Å². The van der Waals surface area contributed by atoms with Crippen LogP contribution in [-0.4, -0.2) is 11.1 Å². The molecule has 2 nitrogen and oxygen atoms in total. The molecule has 0 fully saturated rings. The molecule has 0 saturated heterocycles. The lowest BCUT2D eigenvalue weighted by Crippen LogP contribution is -1.89. The number of carboxylic acid groups (broad SMARTS) is 1. The quantitative estimate of drug-likeness (QED) is 0.335. The molecule has 0 atom stereocenters. The van der Waals surface area contributed by atoms with Crippen LogP contribution in [0.3, 0.4) is 0 Å². The summed E-state index contributed by atoms with van der Waals surface area (Å²) in [6.45, 7) is 8.27. The summed E-state index contributed by atoms with van der Waals surface area (Å²) in [5, 5.41) is 7.81. The molecule has 0 spiro atoms. The summed E-state index contributed by atoms with van der Waals surface area (Å²) in [4.78, 5) is 9.39. The van der Waals surface area contributed by atoms with Gasteiger partial charge in [-0.1, -0.05) is 12.7 Å². The fraction of sp³-hybridized carbons (Fsp3) is 0.167. The van der Waals surface area contributed by atoms with Gasteiger partial charge in [-0.2, -0.15) is 0 Å². The molecule has 0 aromatic rings. The molecule has 0 saturated carbocycles. The smallest absolute Gasteiger partial charge is 0.341 e. The van der Waals surface area contributed by atoms with E-state index in [9.17, 15) is 4.79 Å². The molecule has 0 aromatic carbocycles. The molecule has 0 heterocycles. The van der Waals surface area contributed by atoms with Gasteiger partial charge in [-0.15, -0.1) is 19.2 Å². The Labute approximate surface area is 60.3 Å². The highest BCUT2D eigenvalue weighted by Crippen LogP contribution is 1.91. The fourth-order valence-corrected chi connectivity index (χ4v) is 0. The number of hydrogen-bond donors (Lipinski definition) is 2. The molecule has 1 N–H and O–H groups in total. The second kappa shape index (κ2) is 7.30. The number of hydrogen-bond acceptors (Lipinski definition) is 2. The molecular formula is C6H10O2S.